The highest BCUT2D eigenvalue weighted by atomic mass is 16.3. The predicted molar refractivity (Wildman–Crippen MR) is 53.8 cm³/mol. The van der Waals surface area contributed by atoms with Crippen molar-refractivity contribution in [1.82, 2.24) is 0 Å². The van der Waals surface area contributed by atoms with E-state index in [1.54, 1.807) is 0 Å². The number of aryl methyl sites for hydroxylation is 1. The average molecular weight is 177 g/mol. The van der Waals surface area contributed by atoms with E-state index in [1.807, 2.05) is 12.1 Å². The first-order valence-electron chi connectivity index (χ1n) is 4.79. The Kier molecular flexibility index (Phi) is 2.23. The van der Waals surface area contributed by atoms with Crippen LogP contribution in [-0.2, 0) is 13.0 Å². The van der Waals surface area contributed by atoms with Gasteiger partial charge in [0.2, 0.25) is 0 Å². The van der Waals surface area contributed by atoms with Crippen molar-refractivity contribution in [2.24, 2.45) is 0 Å². The van der Waals surface area contributed by atoms with Gasteiger partial charge >= 0.3 is 0 Å². The molecule has 1 atom stereocenters. The number of benzene rings is 1. The third-order valence-electron chi connectivity index (χ3n) is 2.61. The van der Waals surface area contributed by atoms with Crippen LogP contribution in [0.5, 0.6) is 0 Å². The Labute approximate surface area is 78.6 Å². The molecule has 0 aromatic heterocycles. The summed E-state index contributed by atoms with van der Waals surface area (Å²) in [5.41, 5.74) is 3.56. The molecule has 2 rings (SSSR count). The Balaban J connectivity index is 2.32. The second-order valence-corrected chi connectivity index (χ2v) is 3.73. The monoisotopic (exact) mass is 177 g/mol. The fraction of sp³-hybridized carbons (Fsp3) is 0.455. The number of hydrogen-bond acceptors (Lipinski definition) is 2. The van der Waals surface area contributed by atoms with E-state index in [-0.39, 0.29) is 6.61 Å². The van der Waals surface area contributed by atoms with E-state index < -0.39 is 0 Å². The zero-order valence-corrected chi connectivity index (χ0v) is 7.88. The highest BCUT2D eigenvalue weighted by molar-refractivity contribution is 5.55. The van der Waals surface area contributed by atoms with Gasteiger partial charge in [-0.05, 0) is 37.0 Å². The number of anilines is 1. The van der Waals surface area contributed by atoms with Crippen molar-refractivity contribution in [3.05, 3.63) is 29.3 Å². The maximum atomic E-state index is 8.98. The molecule has 0 spiro atoms. The topological polar surface area (TPSA) is 32.3 Å². The lowest BCUT2D eigenvalue weighted by molar-refractivity contribution is 0.282. The van der Waals surface area contributed by atoms with E-state index >= 15 is 0 Å². The van der Waals surface area contributed by atoms with Gasteiger partial charge < -0.3 is 10.4 Å². The van der Waals surface area contributed by atoms with Gasteiger partial charge in [0.1, 0.15) is 0 Å². The van der Waals surface area contributed by atoms with Gasteiger partial charge in [-0.3, -0.25) is 0 Å². The molecule has 0 unspecified atom stereocenters. The standard InChI is InChI=1S/C11H15NO/c1-8-2-4-10-5-3-9(7-13)6-11(10)12-8/h3,5-6,8,12-13H,2,4,7H2,1H3/t8-/m1/s1. The molecule has 1 aromatic rings. The van der Waals surface area contributed by atoms with Gasteiger partial charge in [-0.2, -0.15) is 0 Å². The van der Waals surface area contributed by atoms with Crippen molar-refractivity contribution in [3.63, 3.8) is 0 Å². The Morgan fingerprint density at radius 2 is 2.38 bits per heavy atom. The molecule has 13 heavy (non-hydrogen) atoms. The number of aliphatic hydroxyl groups is 1. The molecule has 1 aliphatic rings. The number of rotatable bonds is 1. The lowest BCUT2D eigenvalue weighted by atomic mass is 9.97. The second-order valence-electron chi connectivity index (χ2n) is 3.73. The van der Waals surface area contributed by atoms with E-state index in [1.165, 1.54) is 17.7 Å². The molecule has 0 fully saturated rings. The van der Waals surface area contributed by atoms with Crippen LogP contribution in [0.15, 0.2) is 18.2 Å². The molecule has 2 heteroatoms. The summed E-state index contributed by atoms with van der Waals surface area (Å²) in [5, 5.41) is 12.4. The zero-order valence-electron chi connectivity index (χ0n) is 7.88. The van der Waals surface area contributed by atoms with Crippen molar-refractivity contribution in [3.8, 4) is 0 Å². The molecule has 0 amide bonds. The highest BCUT2D eigenvalue weighted by Crippen LogP contribution is 2.25. The smallest absolute Gasteiger partial charge is 0.0682 e. The van der Waals surface area contributed by atoms with Gasteiger partial charge in [-0.25, -0.2) is 0 Å². The normalized spacial score (nSPS) is 20.6. The van der Waals surface area contributed by atoms with Crippen LogP contribution < -0.4 is 5.32 Å². The van der Waals surface area contributed by atoms with Crippen molar-refractivity contribution in [1.29, 1.82) is 0 Å². The largest absolute Gasteiger partial charge is 0.392 e. The Hall–Kier alpha value is -1.02. The van der Waals surface area contributed by atoms with Crippen LogP contribution in [0.4, 0.5) is 5.69 Å². The van der Waals surface area contributed by atoms with Crippen LogP contribution >= 0.6 is 0 Å². The van der Waals surface area contributed by atoms with Gasteiger partial charge in [-0.1, -0.05) is 12.1 Å². The molecule has 70 valence electrons. The molecule has 0 radical (unpaired) electrons. The van der Waals surface area contributed by atoms with Crippen LogP contribution in [0, 0.1) is 0 Å². The first kappa shape index (κ1) is 8.57. The summed E-state index contributed by atoms with van der Waals surface area (Å²) in [6, 6.07) is 6.71. The summed E-state index contributed by atoms with van der Waals surface area (Å²) in [4.78, 5) is 0. The fourth-order valence-electron chi connectivity index (χ4n) is 1.78. The molecule has 0 saturated heterocycles. The summed E-state index contributed by atoms with van der Waals surface area (Å²) in [6.45, 7) is 2.32. The minimum Gasteiger partial charge on any atom is -0.392 e. The maximum Gasteiger partial charge on any atom is 0.0682 e. The number of hydrogen-bond donors (Lipinski definition) is 2. The van der Waals surface area contributed by atoms with Crippen LogP contribution in [0.3, 0.4) is 0 Å². The molecule has 1 aliphatic heterocycles. The maximum absolute atomic E-state index is 8.98. The average Bonchev–Trinajstić information content (AvgIpc) is 2.16. The first-order valence-corrected chi connectivity index (χ1v) is 4.79. The van der Waals surface area contributed by atoms with Crippen LogP contribution in [0.1, 0.15) is 24.5 Å². The van der Waals surface area contributed by atoms with Gasteiger partial charge in [0, 0.05) is 11.7 Å². The second kappa shape index (κ2) is 3.38. The summed E-state index contributed by atoms with van der Waals surface area (Å²) < 4.78 is 0. The van der Waals surface area contributed by atoms with E-state index in [0.717, 1.165) is 12.0 Å². The van der Waals surface area contributed by atoms with Crippen molar-refractivity contribution in [2.75, 3.05) is 5.32 Å². The van der Waals surface area contributed by atoms with Gasteiger partial charge in [0.25, 0.3) is 0 Å². The summed E-state index contributed by atoms with van der Waals surface area (Å²) in [5.74, 6) is 0. The van der Waals surface area contributed by atoms with E-state index in [9.17, 15) is 0 Å². The Morgan fingerprint density at radius 1 is 1.54 bits per heavy atom. The van der Waals surface area contributed by atoms with E-state index in [4.69, 9.17) is 5.11 Å². The Bertz CT molecular complexity index is 309. The quantitative estimate of drug-likeness (QED) is 0.687. The molecule has 2 nitrogen and oxygen atoms in total. The van der Waals surface area contributed by atoms with Crippen LogP contribution in [-0.4, -0.2) is 11.1 Å². The van der Waals surface area contributed by atoms with Crippen LogP contribution in [0.25, 0.3) is 0 Å². The number of aliphatic hydroxyl groups excluding tert-OH is 1. The van der Waals surface area contributed by atoms with Crippen molar-refractivity contribution >= 4 is 5.69 Å². The fourth-order valence-corrected chi connectivity index (χ4v) is 1.78. The third kappa shape index (κ3) is 1.68. The summed E-state index contributed by atoms with van der Waals surface area (Å²) >= 11 is 0. The van der Waals surface area contributed by atoms with E-state index in [2.05, 4.69) is 18.3 Å². The lowest BCUT2D eigenvalue weighted by Crippen LogP contribution is -2.21. The van der Waals surface area contributed by atoms with Gasteiger partial charge in [0.05, 0.1) is 6.61 Å². The molecule has 1 heterocycles. The van der Waals surface area contributed by atoms with E-state index in [0.29, 0.717) is 6.04 Å². The van der Waals surface area contributed by atoms with Crippen LogP contribution in [0.2, 0.25) is 0 Å². The SMILES string of the molecule is C[C@@H]1CCc2ccc(CO)cc2N1. The molecule has 0 saturated carbocycles. The predicted octanol–water partition coefficient (Wildman–Crippen LogP) is 1.93. The van der Waals surface area contributed by atoms with Crippen molar-refractivity contribution in [2.45, 2.75) is 32.4 Å². The molecular formula is C11H15NO. The minimum absolute atomic E-state index is 0.128. The zero-order chi connectivity index (χ0) is 9.26. The molecular weight excluding hydrogens is 162 g/mol. The summed E-state index contributed by atoms with van der Waals surface area (Å²) in [6.07, 6.45) is 2.35. The minimum atomic E-state index is 0.128. The first-order chi connectivity index (χ1) is 6.29. The third-order valence-corrected chi connectivity index (χ3v) is 2.61. The molecule has 0 aliphatic carbocycles. The summed E-state index contributed by atoms with van der Waals surface area (Å²) in [7, 11) is 0. The Morgan fingerprint density at radius 3 is 3.15 bits per heavy atom. The molecule has 0 bridgehead atoms. The highest BCUT2D eigenvalue weighted by Gasteiger charge is 2.13. The lowest BCUT2D eigenvalue weighted by Gasteiger charge is -2.24. The number of fused-ring (bicyclic) bond motifs is 1. The van der Waals surface area contributed by atoms with Gasteiger partial charge in [0.15, 0.2) is 0 Å². The van der Waals surface area contributed by atoms with Crippen molar-refractivity contribution < 1.29 is 5.11 Å². The molecule has 1 aromatic carbocycles. The van der Waals surface area contributed by atoms with Gasteiger partial charge in [-0.15, -0.1) is 0 Å². The molecule has 2 N–H and O–H groups in total. The number of nitrogens with one attached hydrogen (secondary N) is 1.